The van der Waals surface area contributed by atoms with Crippen LogP contribution in [-0.4, -0.2) is 37.4 Å². The topological polar surface area (TPSA) is 58.6 Å². The minimum atomic E-state index is -0.211. The van der Waals surface area contributed by atoms with Crippen LogP contribution in [0.15, 0.2) is 0 Å². The summed E-state index contributed by atoms with van der Waals surface area (Å²) in [6.07, 6.45) is 0. The van der Waals surface area contributed by atoms with E-state index in [2.05, 4.69) is 10.1 Å². The largest absolute Gasteiger partial charge is 0.469 e. The summed E-state index contributed by atoms with van der Waals surface area (Å²) in [6, 6.07) is 0.0447. The van der Waals surface area contributed by atoms with Gasteiger partial charge in [0.05, 0.1) is 13.0 Å². The molecular formula is C11H23NO3. The van der Waals surface area contributed by atoms with Gasteiger partial charge < -0.3 is 15.2 Å². The first kappa shape index (κ1) is 14.4. The molecule has 4 heteroatoms. The van der Waals surface area contributed by atoms with Gasteiger partial charge in [-0.1, -0.05) is 20.8 Å². The Morgan fingerprint density at radius 3 is 2.40 bits per heavy atom. The third-order valence-electron chi connectivity index (χ3n) is 2.65. The summed E-state index contributed by atoms with van der Waals surface area (Å²) in [5.74, 6) is -0.388. The highest BCUT2D eigenvalue weighted by Crippen LogP contribution is 2.13. The molecule has 0 heterocycles. The fourth-order valence-corrected chi connectivity index (χ4v) is 1.06. The molecule has 90 valence electrons. The lowest BCUT2D eigenvalue weighted by Crippen LogP contribution is -2.42. The Bertz CT molecular complexity index is 204. The first-order valence-electron chi connectivity index (χ1n) is 5.26. The number of hydrogen-bond acceptors (Lipinski definition) is 4. The number of esters is 1. The van der Waals surface area contributed by atoms with Crippen molar-refractivity contribution in [2.24, 2.45) is 11.3 Å². The Hall–Kier alpha value is -0.610. The van der Waals surface area contributed by atoms with Crippen LogP contribution in [0.5, 0.6) is 0 Å². The Balaban J connectivity index is 4.03. The number of carbonyl (C=O) groups excluding carboxylic acids is 1. The maximum atomic E-state index is 11.2. The summed E-state index contributed by atoms with van der Waals surface area (Å²) in [6.45, 7) is 8.50. The molecule has 0 aliphatic carbocycles. The summed E-state index contributed by atoms with van der Waals surface area (Å²) in [4.78, 5) is 11.2. The van der Waals surface area contributed by atoms with Crippen LogP contribution in [0.2, 0.25) is 0 Å². The second kappa shape index (κ2) is 6.08. The van der Waals surface area contributed by atoms with Crippen LogP contribution in [0.1, 0.15) is 27.7 Å². The lowest BCUT2D eigenvalue weighted by Gasteiger charge is -2.26. The normalized spacial score (nSPS) is 15.9. The first-order valence-corrected chi connectivity index (χ1v) is 5.26. The van der Waals surface area contributed by atoms with E-state index >= 15 is 0 Å². The van der Waals surface area contributed by atoms with E-state index in [1.807, 2.05) is 27.7 Å². The summed E-state index contributed by atoms with van der Waals surface area (Å²) in [5, 5.41) is 12.3. The summed E-state index contributed by atoms with van der Waals surface area (Å²) in [7, 11) is 1.39. The number of aliphatic hydroxyl groups excluding tert-OH is 1. The highest BCUT2D eigenvalue weighted by molar-refractivity contribution is 5.72. The van der Waals surface area contributed by atoms with Crippen molar-refractivity contribution in [3.05, 3.63) is 0 Å². The number of ether oxygens (including phenoxy) is 1. The van der Waals surface area contributed by atoms with Crippen LogP contribution in [0.25, 0.3) is 0 Å². The zero-order valence-corrected chi connectivity index (χ0v) is 10.3. The van der Waals surface area contributed by atoms with Crippen molar-refractivity contribution in [3.63, 3.8) is 0 Å². The molecule has 4 nitrogen and oxygen atoms in total. The van der Waals surface area contributed by atoms with Crippen molar-refractivity contribution in [1.82, 2.24) is 5.32 Å². The Morgan fingerprint density at radius 1 is 1.47 bits per heavy atom. The van der Waals surface area contributed by atoms with E-state index in [1.54, 1.807) is 0 Å². The molecule has 0 amide bonds. The molecule has 0 saturated heterocycles. The molecule has 0 aromatic heterocycles. The average Bonchev–Trinajstić information content (AvgIpc) is 2.23. The molecule has 0 bridgehead atoms. The monoisotopic (exact) mass is 217 g/mol. The molecule has 0 aromatic rings. The number of methoxy groups -OCH3 is 1. The summed E-state index contributed by atoms with van der Waals surface area (Å²) >= 11 is 0. The van der Waals surface area contributed by atoms with Gasteiger partial charge in [-0.2, -0.15) is 0 Å². The van der Waals surface area contributed by atoms with Crippen LogP contribution in [0.3, 0.4) is 0 Å². The molecule has 2 unspecified atom stereocenters. The second-order valence-electron chi connectivity index (χ2n) is 4.80. The van der Waals surface area contributed by atoms with Crippen LogP contribution in [0, 0.1) is 11.3 Å². The highest BCUT2D eigenvalue weighted by atomic mass is 16.5. The van der Waals surface area contributed by atoms with Crippen LogP contribution in [0.4, 0.5) is 0 Å². The molecular weight excluding hydrogens is 194 g/mol. The Kier molecular flexibility index (Phi) is 5.83. The number of hydrogen-bond donors (Lipinski definition) is 2. The van der Waals surface area contributed by atoms with Crippen molar-refractivity contribution in [1.29, 1.82) is 0 Å². The van der Waals surface area contributed by atoms with Gasteiger partial charge in [-0.25, -0.2) is 0 Å². The minimum Gasteiger partial charge on any atom is -0.469 e. The first-order chi connectivity index (χ1) is 6.84. The van der Waals surface area contributed by atoms with Gasteiger partial charge in [0.25, 0.3) is 0 Å². The van der Waals surface area contributed by atoms with Gasteiger partial charge >= 0.3 is 5.97 Å². The quantitative estimate of drug-likeness (QED) is 0.646. The summed E-state index contributed by atoms with van der Waals surface area (Å²) in [5.41, 5.74) is -0.163. The van der Waals surface area contributed by atoms with Gasteiger partial charge in [0.15, 0.2) is 0 Å². The van der Waals surface area contributed by atoms with E-state index < -0.39 is 0 Å². The zero-order chi connectivity index (χ0) is 12.1. The van der Waals surface area contributed by atoms with E-state index in [1.165, 1.54) is 7.11 Å². The standard InChI is InChI=1S/C11H23NO3/c1-8(10(14)15-5)9(2)12-6-11(3,4)7-13/h8-9,12-13H,6-7H2,1-5H3. The number of carbonyl (C=O) groups is 1. The summed E-state index contributed by atoms with van der Waals surface area (Å²) < 4.78 is 4.66. The lowest BCUT2D eigenvalue weighted by atomic mass is 9.93. The predicted octanol–water partition coefficient (Wildman–Crippen LogP) is 0.792. The fourth-order valence-electron chi connectivity index (χ4n) is 1.06. The lowest BCUT2D eigenvalue weighted by molar-refractivity contribution is -0.145. The SMILES string of the molecule is COC(=O)C(C)C(C)NCC(C)(C)CO. The van der Waals surface area contributed by atoms with Crippen molar-refractivity contribution < 1.29 is 14.6 Å². The molecule has 0 fully saturated rings. The van der Waals surface area contributed by atoms with Crippen molar-refractivity contribution in [3.8, 4) is 0 Å². The van der Waals surface area contributed by atoms with Crippen LogP contribution < -0.4 is 5.32 Å². The van der Waals surface area contributed by atoms with Crippen molar-refractivity contribution >= 4 is 5.97 Å². The highest BCUT2D eigenvalue weighted by Gasteiger charge is 2.23. The van der Waals surface area contributed by atoms with E-state index in [0.29, 0.717) is 6.54 Å². The van der Waals surface area contributed by atoms with Crippen LogP contribution >= 0.6 is 0 Å². The predicted molar refractivity (Wildman–Crippen MR) is 59.5 cm³/mol. The third-order valence-corrected chi connectivity index (χ3v) is 2.65. The van der Waals surface area contributed by atoms with Crippen molar-refractivity contribution in [2.75, 3.05) is 20.3 Å². The maximum Gasteiger partial charge on any atom is 0.309 e. The number of nitrogens with one attached hydrogen (secondary N) is 1. The second-order valence-corrected chi connectivity index (χ2v) is 4.80. The Morgan fingerprint density at radius 2 is 2.00 bits per heavy atom. The maximum absolute atomic E-state index is 11.2. The average molecular weight is 217 g/mol. The zero-order valence-electron chi connectivity index (χ0n) is 10.3. The van der Waals surface area contributed by atoms with Crippen molar-refractivity contribution in [2.45, 2.75) is 33.7 Å². The molecule has 0 aromatic carbocycles. The molecule has 0 aliphatic heterocycles. The molecule has 2 atom stereocenters. The number of aliphatic hydroxyl groups is 1. The Labute approximate surface area is 92.0 Å². The molecule has 0 radical (unpaired) electrons. The number of rotatable bonds is 6. The minimum absolute atomic E-state index is 0.0447. The van der Waals surface area contributed by atoms with Gasteiger partial charge in [-0.15, -0.1) is 0 Å². The van der Waals surface area contributed by atoms with E-state index in [0.717, 1.165) is 0 Å². The molecule has 0 spiro atoms. The van der Waals surface area contributed by atoms with E-state index in [-0.39, 0.29) is 30.0 Å². The molecule has 0 saturated carbocycles. The molecule has 0 rings (SSSR count). The van der Waals surface area contributed by atoms with Crippen LogP contribution in [-0.2, 0) is 9.53 Å². The van der Waals surface area contributed by atoms with Gasteiger partial charge in [0.1, 0.15) is 0 Å². The van der Waals surface area contributed by atoms with Gasteiger partial charge in [-0.05, 0) is 6.92 Å². The van der Waals surface area contributed by atoms with Gasteiger partial charge in [-0.3, -0.25) is 4.79 Å². The van der Waals surface area contributed by atoms with E-state index in [9.17, 15) is 4.79 Å². The van der Waals surface area contributed by atoms with Gasteiger partial charge in [0.2, 0.25) is 0 Å². The third kappa shape index (κ3) is 5.14. The smallest absolute Gasteiger partial charge is 0.309 e. The van der Waals surface area contributed by atoms with Gasteiger partial charge in [0, 0.05) is 24.6 Å². The fraction of sp³-hybridized carbons (Fsp3) is 0.909. The molecule has 0 aliphatic rings. The molecule has 2 N–H and O–H groups in total. The van der Waals surface area contributed by atoms with E-state index in [4.69, 9.17) is 5.11 Å². The molecule has 15 heavy (non-hydrogen) atoms.